The van der Waals surface area contributed by atoms with E-state index in [1.165, 1.54) is 11.3 Å². The first-order valence-corrected chi connectivity index (χ1v) is 7.90. The lowest BCUT2D eigenvalue weighted by Crippen LogP contribution is -2.46. The fourth-order valence-electron chi connectivity index (χ4n) is 2.25. The van der Waals surface area contributed by atoms with Crippen LogP contribution in [0.4, 0.5) is 0 Å². The van der Waals surface area contributed by atoms with Crippen LogP contribution in [0, 0.1) is 0 Å². The van der Waals surface area contributed by atoms with Crippen LogP contribution in [-0.4, -0.2) is 55.1 Å². The highest BCUT2D eigenvalue weighted by atomic mass is 32.1. The standard InChI is InChI=1S/C14H18N4O2S/c19-13(16-4-7-18-5-2-15-3-6-18)12-10-21-14(17-12)11-1-8-20-9-11/h1,8-10,15H,2-7H2,(H,16,19). The summed E-state index contributed by atoms with van der Waals surface area (Å²) >= 11 is 1.45. The molecule has 2 aromatic heterocycles. The summed E-state index contributed by atoms with van der Waals surface area (Å²) in [6, 6.07) is 1.84. The SMILES string of the molecule is O=C(NCCN1CCNCC1)c1csc(-c2ccoc2)n1. The number of aromatic nitrogens is 1. The van der Waals surface area contributed by atoms with Crippen LogP contribution in [-0.2, 0) is 0 Å². The lowest BCUT2D eigenvalue weighted by molar-refractivity contribution is 0.0943. The van der Waals surface area contributed by atoms with Crippen LogP contribution in [0.2, 0.25) is 0 Å². The van der Waals surface area contributed by atoms with Crippen molar-refractivity contribution in [1.82, 2.24) is 20.5 Å². The molecular formula is C14H18N4O2S. The lowest BCUT2D eigenvalue weighted by Gasteiger charge is -2.26. The van der Waals surface area contributed by atoms with Gasteiger partial charge in [-0.25, -0.2) is 4.98 Å². The van der Waals surface area contributed by atoms with Crippen LogP contribution >= 0.6 is 11.3 Å². The second-order valence-corrected chi connectivity index (χ2v) is 5.76. The van der Waals surface area contributed by atoms with Crippen LogP contribution in [0.1, 0.15) is 10.5 Å². The fraction of sp³-hybridized carbons (Fsp3) is 0.429. The molecule has 21 heavy (non-hydrogen) atoms. The van der Waals surface area contributed by atoms with Crippen LogP contribution in [0.15, 0.2) is 28.4 Å². The molecule has 0 aromatic carbocycles. The minimum Gasteiger partial charge on any atom is -0.472 e. The number of carbonyl (C=O) groups is 1. The van der Waals surface area contributed by atoms with Crippen LogP contribution in [0.5, 0.6) is 0 Å². The number of furan rings is 1. The number of hydrogen-bond donors (Lipinski definition) is 2. The van der Waals surface area contributed by atoms with Gasteiger partial charge in [0, 0.05) is 50.2 Å². The number of rotatable bonds is 5. The summed E-state index contributed by atoms with van der Waals surface area (Å²) in [7, 11) is 0. The molecule has 1 saturated heterocycles. The summed E-state index contributed by atoms with van der Waals surface area (Å²) in [5.41, 5.74) is 1.37. The van der Waals surface area contributed by atoms with Crippen LogP contribution in [0.25, 0.3) is 10.6 Å². The van der Waals surface area contributed by atoms with E-state index in [2.05, 4.69) is 20.5 Å². The molecule has 0 aliphatic carbocycles. The Morgan fingerprint density at radius 1 is 1.48 bits per heavy atom. The number of thiazole rings is 1. The van der Waals surface area contributed by atoms with Crippen molar-refractivity contribution in [1.29, 1.82) is 0 Å². The van der Waals surface area contributed by atoms with Gasteiger partial charge in [-0.3, -0.25) is 9.69 Å². The molecule has 3 heterocycles. The largest absolute Gasteiger partial charge is 0.472 e. The number of nitrogens with zero attached hydrogens (tertiary/aromatic N) is 2. The van der Waals surface area contributed by atoms with Crippen molar-refractivity contribution in [2.75, 3.05) is 39.3 Å². The average molecular weight is 306 g/mol. The Hall–Kier alpha value is -1.70. The van der Waals surface area contributed by atoms with E-state index in [0.29, 0.717) is 12.2 Å². The summed E-state index contributed by atoms with van der Waals surface area (Å²) in [5, 5.41) is 8.82. The topological polar surface area (TPSA) is 70.4 Å². The molecule has 1 aliphatic rings. The summed E-state index contributed by atoms with van der Waals surface area (Å²) in [6.45, 7) is 5.65. The van der Waals surface area contributed by atoms with Gasteiger partial charge in [-0.15, -0.1) is 11.3 Å². The highest BCUT2D eigenvalue weighted by Crippen LogP contribution is 2.23. The van der Waals surface area contributed by atoms with Crippen molar-refractivity contribution in [2.45, 2.75) is 0 Å². The molecule has 3 rings (SSSR count). The second-order valence-electron chi connectivity index (χ2n) is 4.90. The number of amides is 1. The molecule has 1 fully saturated rings. The lowest BCUT2D eigenvalue weighted by atomic mass is 10.3. The molecule has 0 spiro atoms. The third kappa shape index (κ3) is 3.69. The summed E-state index contributed by atoms with van der Waals surface area (Å²) < 4.78 is 5.03. The quantitative estimate of drug-likeness (QED) is 0.864. The van der Waals surface area contributed by atoms with Crippen LogP contribution in [0.3, 0.4) is 0 Å². The van der Waals surface area contributed by atoms with Gasteiger partial charge >= 0.3 is 0 Å². The van der Waals surface area contributed by atoms with Gasteiger partial charge in [0.1, 0.15) is 17.0 Å². The molecule has 2 aromatic rings. The molecule has 0 radical (unpaired) electrons. The monoisotopic (exact) mass is 306 g/mol. The Balaban J connectivity index is 1.49. The van der Waals surface area contributed by atoms with E-state index >= 15 is 0 Å². The Morgan fingerprint density at radius 2 is 2.33 bits per heavy atom. The van der Waals surface area contributed by atoms with Crippen molar-refractivity contribution in [3.8, 4) is 10.6 Å². The van der Waals surface area contributed by atoms with E-state index in [1.54, 1.807) is 17.9 Å². The molecule has 7 heteroatoms. The minimum atomic E-state index is -0.115. The number of nitrogens with one attached hydrogen (secondary N) is 2. The first-order chi connectivity index (χ1) is 10.3. The van der Waals surface area contributed by atoms with Crippen LogP contribution < -0.4 is 10.6 Å². The van der Waals surface area contributed by atoms with Gasteiger partial charge in [0.25, 0.3) is 5.91 Å². The van der Waals surface area contributed by atoms with Crippen molar-refractivity contribution >= 4 is 17.2 Å². The Bertz CT molecular complexity index is 576. The molecule has 0 atom stereocenters. The third-order valence-electron chi connectivity index (χ3n) is 3.43. The van der Waals surface area contributed by atoms with E-state index in [1.807, 2.05) is 6.07 Å². The van der Waals surface area contributed by atoms with Gasteiger partial charge in [0.2, 0.25) is 0 Å². The van der Waals surface area contributed by atoms with Gasteiger partial charge in [-0.05, 0) is 6.07 Å². The van der Waals surface area contributed by atoms with E-state index in [-0.39, 0.29) is 5.91 Å². The molecule has 1 amide bonds. The first-order valence-electron chi connectivity index (χ1n) is 7.02. The van der Waals surface area contributed by atoms with Gasteiger partial charge in [0.15, 0.2) is 0 Å². The predicted molar refractivity (Wildman–Crippen MR) is 81.5 cm³/mol. The molecule has 112 valence electrons. The van der Waals surface area contributed by atoms with Crippen molar-refractivity contribution in [2.24, 2.45) is 0 Å². The molecular weight excluding hydrogens is 288 g/mol. The maximum absolute atomic E-state index is 12.0. The zero-order valence-electron chi connectivity index (χ0n) is 11.7. The van der Waals surface area contributed by atoms with Gasteiger partial charge in [0.05, 0.1) is 6.26 Å². The number of carbonyl (C=O) groups excluding carboxylic acids is 1. The van der Waals surface area contributed by atoms with E-state index in [4.69, 9.17) is 4.42 Å². The average Bonchev–Trinajstić information content (AvgIpc) is 3.19. The highest BCUT2D eigenvalue weighted by Gasteiger charge is 2.13. The molecule has 1 aliphatic heterocycles. The van der Waals surface area contributed by atoms with E-state index < -0.39 is 0 Å². The number of piperazine rings is 1. The first kappa shape index (κ1) is 14.2. The predicted octanol–water partition coefficient (Wildman–Crippen LogP) is 1.04. The fourth-order valence-corrected chi connectivity index (χ4v) is 3.04. The molecule has 0 saturated carbocycles. The minimum absolute atomic E-state index is 0.115. The summed E-state index contributed by atoms with van der Waals surface area (Å²) in [5.74, 6) is -0.115. The Labute approximate surface area is 127 Å². The maximum Gasteiger partial charge on any atom is 0.270 e. The second kappa shape index (κ2) is 6.84. The maximum atomic E-state index is 12.0. The van der Waals surface area contributed by atoms with E-state index in [0.717, 1.165) is 43.3 Å². The normalized spacial score (nSPS) is 16.0. The zero-order valence-corrected chi connectivity index (χ0v) is 12.5. The highest BCUT2D eigenvalue weighted by molar-refractivity contribution is 7.13. The molecule has 2 N–H and O–H groups in total. The summed E-state index contributed by atoms with van der Waals surface area (Å²) in [4.78, 5) is 18.7. The summed E-state index contributed by atoms with van der Waals surface area (Å²) in [6.07, 6.45) is 3.23. The zero-order chi connectivity index (χ0) is 14.5. The number of hydrogen-bond acceptors (Lipinski definition) is 6. The third-order valence-corrected chi connectivity index (χ3v) is 4.32. The Kier molecular flexibility index (Phi) is 4.64. The molecule has 0 bridgehead atoms. The molecule has 6 nitrogen and oxygen atoms in total. The van der Waals surface area contributed by atoms with Crippen molar-refractivity contribution in [3.05, 3.63) is 29.7 Å². The van der Waals surface area contributed by atoms with Gasteiger partial charge < -0.3 is 15.1 Å². The van der Waals surface area contributed by atoms with Crippen molar-refractivity contribution < 1.29 is 9.21 Å². The van der Waals surface area contributed by atoms with Gasteiger partial charge in [-0.1, -0.05) is 0 Å². The molecule has 0 unspecified atom stereocenters. The Morgan fingerprint density at radius 3 is 3.10 bits per heavy atom. The van der Waals surface area contributed by atoms with Gasteiger partial charge in [-0.2, -0.15) is 0 Å². The smallest absolute Gasteiger partial charge is 0.270 e. The van der Waals surface area contributed by atoms with E-state index in [9.17, 15) is 4.79 Å². The van der Waals surface area contributed by atoms with Crippen molar-refractivity contribution in [3.63, 3.8) is 0 Å².